The Bertz CT molecular complexity index is 553. The molecule has 0 spiro atoms. The van der Waals surface area contributed by atoms with Crippen LogP contribution in [0.1, 0.15) is 22.1 Å². The van der Waals surface area contributed by atoms with E-state index in [9.17, 15) is 5.11 Å². The molecule has 1 atom stereocenters. The van der Waals surface area contributed by atoms with E-state index in [1.54, 1.807) is 11.3 Å². The molecule has 0 fully saturated rings. The Labute approximate surface area is 126 Å². The quantitative estimate of drug-likeness (QED) is 0.729. The smallest absolute Gasteiger partial charge is 0.107 e. The van der Waals surface area contributed by atoms with Crippen LogP contribution in [0.4, 0.5) is 0 Å². The van der Waals surface area contributed by atoms with E-state index in [4.69, 9.17) is 11.6 Å². The second-order valence-electron chi connectivity index (χ2n) is 3.61. The van der Waals surface area contributed by atoms with Gasteiger partial charge in [-0.3, -0.25) is 0 Å². The molecule has 0 radical (unpaired) electrons. The summed E-state index contributed by atoms with van der Waals surface area (Å²) in [6.07, 6.45) is -0.692. The third-order valence-electron chi connectivity index (χ3n) is 2.50. The molecule has 0 aliphatic heterocycles. The molecule has 1 heterocycles. The van der Waals surface area contributed by atoms with Crippen molar-refractivity contribution in [2.24, 2.45) is 0 Å². The molecular weight excluding hydrogens is 387 g/mol. The molecule has 0 saturated carbocycles. The van der Waals surface area contributed by atoms with Crippen molar-refractivity contribution < 1.29 is 5.11 Å². The first-order valence-corrected chi connectivity index (χ1v) is 7.66. The summed E-state index contributed by atoms with van der Waals surface area (Å²) in [7, 11) is 0. The Morgan fingerprint density at radius 3 is 2.59 bits per heavy atom. The molecule has 0 bridgehead atoms. The first kappa shape index (κ1) is 13.6. The van der Waals surface area contributed by atoms with Crippen molar-refractivity contribution in [3.05, 3.63) is 53.6 Å². The molecule has 1 N–H and O–H groups in total. The number of hydrogen-bond donors (Lipinski definition) is 1. The zero-order chi connectivity index (χ0) is 12.6. The van der Waals surface area contributed by atoms with Crippen LogP contribution in [-0.4, -0.2) is 5.11 Å². The van der Waals surface area contributed by atoms with Crippen LogP contribution in [0, 0.1) is 6.92 Å². The average Bonchev–Trinajstić information content (AvgIpc) is 2.61. The molecule has 0 amide bonds. The predicted molar refractivity (Wildman–Crippen MR) is 80.0 cm³/mol. The zero-order valence-corrected chi connectivity index (χ0v) is 13.6. The fraction of sp³-hybridized carbons (Fsp3) is 0.167. The molecule has 90 valence electrons. The van der Waals surface area contributed by atoms with Crippen LogP contribution in [0.15, 0.2) is 32.5 Å². The second kappa shape index (κ2) is 5.41. The third-order valence-corrected chi connectivity index (χ3v) is 5.38. The molecule has 17 heavy (non-hydrogen) atoms. The average molecular weight is 397 g/mol. The van der Waals surface area contributed by atoms with Gasteiger partial charge in [0.2, 0.25) is 0 Å². The van der Waals surface area contributed by atoms with Gasteiger partial charge in [0.05, 0.1) is 8.81 Å². The summed E-state index contributed by atoms with van der Waals surface area (Å²) in [6.45, 7) is 1.99. The minimum atomic E-state index is -0.692. The predicted octanol–water partition coefficient (Wildman–Crippen LogP) is 5.32. The van der Waals surface area contributed by atoms with Gasteiger partial charge in [0.25, 0.3) is 0 Å². The van der Waals surface area contributed by atoms with Gasteiger partial charge in [0.15, 0.2) is 0 Å². The first-order chi connectivity index (χ1) is 8.00. The topological polar surface area (TPSA) is 20.2 Å². The minimum Gasteiger partial charge on any atom is -0.384 e. The van der Waals surface area contributed by atoms with Crippen molar-refractivity contribution in [1.29, 1.82) is 0 Å². The number of aliphatic hydroxyl groups is 1. The van der Waals surface area contributed by atoms with Crippen molar-refractivity contribution in [3.63, 3.8) is 0 Å². The van der Waals surface area contributed by atoms with Crippen LogP contribution >= 0.6 is 54.8 Å². The molecule has 1 aromatic heterocycles. The Hall–Kier alpha value is 0.130. The summed E-state index contributed by atoms with van der Waals surface area (Å²) < 4.78 is 1.80. The van der Waals surface area contributed by atoms with Gasteiger partial charge in [-0.05, 0) is 56.5 Å². The fourth-order valence-electron chi connectivity index (χ4n) is 1.63. The normalized spacial score (nSPS) is 12.8. The SMILES string of the molecule is Cc1sc(Br)cc1C(O)c1cccc(Br)c1Cl. The number of rotatable bonds is 2. The van der Waals surface area contributed by atoms with Crippen LogP contribution < -0.4 is 0 Å². The maximum absolute atomic E-state index is 10.4. The maximum atomic E-state index is 10.4. The molecule has 0 aliphatic rings. The van der Waals surface area contributed by atoms with E-state index in [2.05, 4.69) is 31.9 Å². The Morgan fingerprint density at radius 1 is 1.29 bits per heavy atom. The number of aryl methyl sites for hydroxylation is 1. The van der Waals surface area contributed by atoms with E-state index in [1.165, 1.54) is 0 Å². The summed E-state index contributed by atoms with van der Waals surface area (Å²) in [5, 5.41) is 10.9. The highest BCUT2D eigenvalue weighted by Gasteiger charge is 2.18. The lowest BCUT2D eigenvalue weighted by atomic mass is 10.0. The molecule has 1 unspecified atom stereocenters. The van der Waals surface area contributed by atoms with Gasteiger partial charge in [-0.15, -0.1) is 11.3 Å². The molecular formula is C12H9Br2ClOS. The van der Waals surface area contributed by atoms with E-state index >= 15 is 0 Å². The van der Waals surface area contributed by atoms with Gasteiger partial charge < -0.3 is 5.11 Å². The molecule has 0 saturated heterocycles. The highest BCUT2D eigenvalue weighted by atomic mass is 79.9. The van der Waals surface area contributed by atoms with Gasteiger partial charge in [0, 0.05) is 14.9 Å². The first-order valence-electron chi connectivity index (χ1n) is 4.88. The van der Waals surface area contributed by atoms with E-state index in [-0.39, 0.29) is 0 Å². The summed E-state index contributed by atoms with van der Waals surface area (Å²) in [5.74, 6) is 0. The lowest BCUT2D eigenvalue weighted by molar-refractivity contribution is 0.220. The number of benzene rings is 1. The largest absolute Gasteiger partial charge is 0.384 e. The van der Waals surface area contributed by atoms with Crippen molar-refractivity contribution in [2.45, 2.75) is 13.0 Å². The third kappa shape index (κ3) is 2.76. The van der Waals surface area contributed by atoms with Crippen LogP contribution in [0.25, 0.3) is 0 Å². The minimum absolute atomic E-state index is 0.557. The number of aliphatic hydroxyl groups excluding tert-OH is 1. The maximum Gasteiger partial charge on any atom is 0.107 e. The summed E-state index contributed by atoms with van der Waals surface area (Å²) >= 11 is 14.6. The van der Waals surface area contributed by atoms with E-state index in [0.717, 1.165) is 24.3 Å². The molecule has 0 aliphatic carbocycles. The van der Waals surface area contributed by atoms with E-state index in [0.29, 0.717) is 5.02 Å². The highest BCUT2D eigenvalue weighted by Crippen LogP contribution is 2.37. The van der Waals surface area contributed by atoms with Crippen LogP contribution in [0.5, 0.6) is 0 Å². The van der Waals surface area contributed by atoms with E-state index < -0.39 is 6.10 Å². The Balaban J connectivity index is 2.47. The van der Waals surface area contributed by atoms with Gasteiger partial charge >= 0.3 is 0 Å². The molecule has 2 rings (SSSR count). The van der Waals surface area contributed by atoms with E-state index in [1.807, 2.05) is 31.2 Å². The lowest BCUT2D eigenvalue weighted by Gasteiger charge is -2.13. The number of hydrogen-bond acceptors (Lipinski definition) is 2. The number of halogens is 3. The summed E-state index contributed by atoms with van der Waals surface area (Å²) in [4.78, 5) is 1.08. The molecule has 2 aromatic rings. The standard InChI is InChI=1S/C12H9Br2ClOS/c1-6-8(5-10(14)17-6)12(16)7-3-2-4-9(13)11(7)15/h2-5,12,16H,1H3. The lowest BCUT2D eigenvalue weighted by Crippen LogP contribution is -2.00. The summed E-state index contributed by atoms with van der Waals surface area (Å²) in [6, 6.07) is 7.49. The van der Waals surface area contributed by atoms with Crippen molar-refractivity contribution in [2.75, 3.05) is 0 Å². The van der Waals surface area contributed by atoms with Gasteiger partial charge in [-0.25, -0.2) is 0 Å². The molecule has 1 nitrogen and oxygen atoms in total. The van der Waals surface area contributed by atoms with Crippen molar-refractivity contribution >= 4 is 54.8 Å². The zero-order valence-electron chi connectivity index (χ0n) is 8.88. The van der Waals surface area contributed by atoms with Crippen molar-refractivity contribution in [1.82, 2.24) is 0 Å². The van der Waals surface area contributed by atoms with Crippen molar-refractivity contribution in [3.8, 4) is 0 Å². The Kier molecular flexibility index (Phi) is 4.31. The van der Waals surface area contributed by atoms with Crippen LogP contribution in [0.3, 0.4) is 0 Å². The number of thiophene rings is 1. The van der Waals surface area contributed by atoms with Gasteiger partial charge in [0.1, 0.15) is 6.10 Å². The molecule has 5 heteroatoms. The Morgan fingerprint density at radius 2 is 2.00 bits per heavy atom. The monoisotopic (exact) mass is 394 g/mol. The van der Waals surface area contributed by atoms with Gasteiger partial charge in [-0.2, -0.15) is 0 Å². The van der Waals surface area contributed by atoms with Crippen LogP contribution in [0.2, 0.25) is 5.02 Å². The molecule has 1 aromatic carbocycles. The van der Waals surface area contributed by atoms with Gasteiger partial charge in [-0.1, -0.05) is 23.7 Å². The summed E-state index contributed by atoms with van der Waals surface area (Å²) in [5.41, 5.74) is 1.61. The second-order valence-corrected chi connectivity index (χ2v) is 7.48. The fourth-order valence-corrected chi connectivity index (χ4v) is 3.98. The highest BCUT2D eigenvalue weighted by molar-refractivity contribution is 9.11. The van der Waals surface area contributed by atoms with Crippen LogP contribution in [-0.2, 0) is 0 Å².